The monoisotopic (exact) mass is 412 g/mol. The van der Waals surface area contributed by atoms with E-state index in [0.29, 0.717) is 0 Å². The van der Waals surface area contributed by atoms with Gasteiger partial charge in [-0.25, -0.2) is 0 Å². The first-order valence-corrected chi connectivity index (χ1v) is 9.60. The summed E-state index contributed by atoms with van der Waals surface area (Å²) >= 11 is 3.58. The van der Waals surface area contributed by atoms with Crippen molar-refractivity contribution in [3.05, 3.63) is 83.3 Å². The molecule has 3 heteroatoms. The summed E-state index contributed by atoms with van der Waals surface area (Å²) in [5, 5.41) is 4.35. The Kier molecular flexibility index (Phi) is 3.06. The zero-order valence-corrected chi connectivity index (χ0v) is 15.8. The molecule has 2 heterocycles. The van der Waals surface area contributed by atoms with Gasteiger partial charge in [-0.15, -0.1) is 0 Å². The van der Waals surface area contributed by atoms with Crippen LogP contribution in [0.15, 0.2) is 92.2 Å². The molecule has 0 atom stereocenters. The normalized spacial score (nSPS) is 11.9. The van der Waals surface area contributed by atoms with Crippen molar-refractivity contribution in [2.45, 2.75) is 0 Å². The molecule has 27 heavy (non-hydrogen) atoms. The predicted octanol–water partition coefficient (Wildman–Crippen LogP) is 7.91. The SMILES string of the molecule is Brc1ccc2oc3c(-c4ccccc4)c4c(cc3c2c1)oc1ccccc14. The number of rotatable bonds is 1. The van der Waals surface area contributed by atoms with Crippen LogP contribution in [0.3, 0.4) is 0 Å². The van der Waals surface area contributed by atoms with E-state index >= 15 is 0 Å². The Morgan fingerprint density at radius 3 is 2.26 bits per heavy atom. The molecule has 0 radical (unpaired) electrons. The van der Waals surface area contributed by atoms with Crippen molar-refractivity contribution in [2.75, 3.05) is 0 Å². The lowest BCUT2D eigenvalue weighted by atomic mass is 9.96. The molecule has 2 aromatic heterocycles. The van der Waals surface area contributed by atoms with Crippen LogP contribution in [-0.2, 0) is 0 Å². The quantitative estimate of drug-likeness (QED) is 0.274. The summed E-state index contributed by atoms with van der Waals surface area (Å²) in [4.78, 5) is 0. The maximum absolute atomic E-state index is 6.36. The Bertz CT molecular complexity index is 1470. The van der Waals surface area contributed by atoms with Crippen LogP contribution in [0.5, 0.6) is 0 Å². The minimum Gasteiger partial charge on any atom is -0.456 e. The summed E-state index contributed by atoms with van der Waals surface area (Å²) in [5.41, 5.74) is 5.75. The molecule has 2 nitrogen and oxygen atoms in total. The summed E-state index contributed by atoms with van der Waals surface area (Å²) in [7, 11) is 0. The van der Waals surface area contributed by atoms with E-state index in [1.54, 1.807) is 0 Å². The Morgan fingerprint density at radius 2 is 1.37 bits per heavy atom. The van der Waals surface area contributed by atoms with Crippen molar-refractivity contribution >= 4 is 59.8 Å². The number of halogens is 1. The second-order valence-electron chi connectivity index (χ2n) is 6.71. The Balaban J connectivity index is 1.91. The number of benzene rings is 4. The first kappa shape index (κ1) is 15.1. The van der Waals surface area contributed by atoms with Gasteiger partial charge in [-0.05, 0) is 35.9 Å². The van der Waals surface area contributed by atoms with Crippen molar-refractivity contribution < 1.29 is 8.83 Å². The van der Waals surface area contributed by atoms with Crippen LogP contribution in [0.4, 0.5) is 0 Å². The molecular formula is C24H13BrO2. The summed E-state index contributed by atoms with van der Waals surface area (Å²) in [6.07, 6.45) is 0. The van der Waals surface area contributed by atoms with Crippen molar-refractivity contribution in [3.63, 3.8) is 0 Å². The zero-order chi connectivity index (χ0) is 18.0. The van der Waals surface area contributed by atoms with Crippen LogP contribution >= 0.6 is 15.9 Å². The molecule has 0 bridgehead atoms. The molecular weight excluding hydrogens is 400 g/mol. The molecule has 0 saturated carbocycles. The molecule has 6 rings (SSSR count). The van der Waals surface area contributed by atoms with Crippen LogP contribution in [0, 0.1) is 0 Å². The van der Waals surface area contributed by atoms with Gasteiger partial charge in [0.1, 0.15) is 22.3 Å². The van der Waals surface area contributed by atoms with Crippen LogP contribution in [0.25, 0.3) is 55.0 Å². The first-order chi connectivity index (χ1) is 13.3. The highest BCUT2D eigenvalue weighted by Crippen LogP contribution is 2.44. The van der Waals surface area contributed by atoms with Crippen LogP contribution in [-0.4, -0.2) is 0 Å². The van der Waals surface area contributed by atoms with E-state index < -0.39 is 0 Å². The summed E-state index contributed by atoms with van der Waals surface area (Å²) in [5.74, 6) is 0. The summed E-state index contributed by atoms with van der Waals surface area (Å²) in [6.45, 7) is 0. The van der Waals surface area contributed by atoms with Crippen LogP contribution in [0.2, 0.25) is 0 Å². The smallest absolute Gasteiger partial charge is 0.144 e. The maximum atomic E-state index is 6.36. The van der Waals surface area contributed by atoms with Crippen molar-refractivity contribution in [1.82, 2.24) is 0 Å². The van der Waals surface area contributed by atoms with Gasteiger partial charge < -0.3 is 8.83 Å². The molecule has 0 aliphatic heterocycles. The molecule has 0 amide bonds. The van der Waals surface area contributed by atoms with Gasteiger partial charge in [-0.1, -0.05) is 64.5 Å². The lowest BCUT2D eigenvalue weighted by molar-refractivity contribution is 0.664. The Labute approximate surface area is 163 Å². The molecule has 6 aromatic rings. The highest BCUT2D eigenvalue weighted by Gasteiger charge is 2.20. The fourth-order valence-corrected chi connectivity index (χ4v) is 4.33. The molecule has 0 unspecified atom stereocenters. The second kappa shape index (κ2) is 5.48. The average Bonchev–Trinajstić information content (AvgIpc) is 3.24. The van der Waals surface area contributed by atoms with Crippen molar-refractivity contribution in [3.8, 4) is 11.1 Å². The van der Waals surface area contributed by atoms with Gasteiger partial charge in [0.05, 0.1) is 0 Å². The predicted molar refractivity (Wildman–Crippen MR) is 114 cm³/mol. The van der Waals surface area contributed by atoms with Crippen LogP contribution in [0.1, 0.15) is 0 Å². The van der Waals surface area contributed by atoms with Gasteiger partial charge in [0, 0.05) is 31.6 Å². The highest BCUT2D eigenvalue weighted by atomic mass is 79.9. The standard InChI is InChI=1S/C24H13BrO2/c25-15-10-11-20-17(12-15)18-13-21-23(16-8-4-5-9-19(16)26-21)22(24(18)27-20)14-6-2-1-3-7-14/h1-13H. The molecule has 0 aliphatic carbocycles. The minimum absolute atomic E-state index is 0.877. The third-order valence-corrected chi connectivity index (χ3v) is 5.62. The van der Waals surface area contributed by atoms with Crippen LogP contribution < -0.4 is 0 Å². The number of furan rings is 2. The number of para-hydroxylation sites is 1. The maximum Gasteiger partial charge on any atom is 0.144 e. The number of hydrogen-bond donors (Lipinski definition) is 0. The third kappa shape index (κ3) is 2.12. The van der Waals surface area contributed by atoms with Crippen molar-refractivity contribution in [1.29, 1.82) is 0 Å². The van der Waals surface area contributed by atoms with Gasteiger partial charge >= 0.3 is 0 Å². The Hall–Kier alpha value is -3.04. The molecule has 0 fully saturated rings. The van der Waals surface area contributed by atoms with Gasteiger partial charge in [0.25, 0.3) is 0 Å². The summed E-state index contributed by atoms with van der Waals surface area (Å²) < 4.78 is 13.6. The van der Waals surface area contributed by atoms with E-state index in [0.717, 1.165) is 59.5 Å². The zero-order valence-electron chi connectivity index (χ0n) is 14.2. The van der Waals surface area contributed by atoms with Gasteiger partial charge in [-0.3, -0.25) is 0 Å². The van der Waals surface area contributed by atoms with E-state index in [2.05, 4.69) is 58.4 Å². The Morgan fingerprint density at radius 1 is 0.593 bits per heavy atom. The lowest BCUT2D eigenvalue weighted by Crippen LogP contribution is -1.81. The van der Waals surface area contributed by atoms with E-state index in [1.165, 1.54) is 0 Å². The van der Waals surface area contributed by atoms with Crippen molar-refractivity contribution in [2.24, 2.45) is 0 Å². The number of hydrogen-bond acceptors (Lipinski definition) is 2. The van der Waals surface area contributed by atoms with E-state index in [9.17, 15) is 0 Å². The van der Waals surface area contributed by atoms with E-state index in [-0.39, 0.29) is 0 Å². The van der Waals surface area contributed by atoms with Gasteiger partial charge in [-0.2, -0.15) is 0 Å². The molecule has 4 aromatic carbocycles. The van der Waals surface area contributed by atoms with E-state index in [4.69, 9.17) is 8.83 Å². The number of fused-ring (bicyclic) bond motifs is 6. The average molecular weight is 413 g/mol. The molecule has 0 spiro atoms. The summed E-state index contributed by atoms with van der Waals surface area (Å²) in [6, 6.07) is 26.8. The lowest BCUT2D eigenvalue weighted by Gasteiger charge is -2.05. The molecule has 128 valence electrons. The van der Waals surface area contributed by atoms with Gasteiger partial charge in [0.15, 0.2) is 0 Å². The topological polar surface area (TPSA) is 26.3 Å². The fraction of sp³-hybridized carbons (Fsp3) is 0. The first-order valence-electron chi connectivity index (χ1n) is 8.81. The fourth-order valence-electron chi connectivity index (χ4n) is 3.97. The molecule has 0 saturated heterocycles. The molecule has 0 aliphatic rings. The van der Waals surface area contributed by atoms with Gasteiger partial charge in [0.2, 0.25) is 0 Å². The van der Waals surface area contributed by atoms with E-state index in [1.807, 2.05) is 36.4 Å². The largest absolute Gasteiger partial charge is 0.456 e. The highest BCUT2D eigenvalue weighted by molar-refractivity contribution is 9.10. The molecule has 0 N–H and O–H groups in total. The third-order valence-electron chi connectivity index (χ3n) is 5.13. The second-order valence-corrected chi connectivity index (χ2v) is 7.62. The minimum atomic E-state index is 0.877.